The summed E-state index contributed by atoms with van der Waals surface area (Å²) in [6.07, 6.45) is 8.03. The number of allylic oxidation sites excluding steroid dienone is 1. The average Bonchev–Trinajstić information content (AvgIpc) is 2.78. The van der Waals surface area contributed by atoms with Gasteiger partial charge in [0, 0.05) is 6.08 Å². The van der Waals surface area contributed by atoms with Crippen molar-refractivity contribution in [1.29, 1.82) is 0 Å². The molecule has 1 aliphatic carbocycles. The minimum Gasteiger partial charge on any atom is -0.463 e. The Hall–Kier alpha value is -0.790. The molecule has 1 aliphatic rings. The van der Waals surface area contributed by atoms with Crippen LogP contribution in [0.5, 0.6) is 0 Å². The highest BCUT2D eigenvalue weighted by molar-refractivity contribution is 5.82. The molecule has 0 heterocycles. The van der Waals surface area contributed by atoms with E-state index in [-0.39, 0.29) is 5.97 Å². The predicted octanol–water partition coefficient (Wildman–Crippen LogP) is 3.32. The van der Waals surface area contributed by atoms with Crippen molar-refractivity contribution in [2.24, 2.45) is 11.3 Å². The van der Waals surface area contributed by atoms with E-state index in [4.69, 9.17) is 4.74 Å². The van der Waals surface area contributed by atoms with Gasteiger partial charge in [-0.3, -0.25) is 0 Å². The topological polar surface area (TPSA) is 26.3 Å². The van der Waals surface area contributed by atoms with Gasteiger partial charge in [0.1, 0.15) is 0 Å². The molecule has 1 saturated carbocycles. The molecule has 1 fully saturated rings. The lowest BCUT2D eigenvalue weighted by atomic mass is 10.1. The summed E-state index contributed by atoms with van der Waals surface area (Å²) in [6, 6.07) is 0. The van der Waals surface area contributed by atoms with Crippen LogP contribution < -0.4 is 0 Å². The minimum absolute atomic E-state index is 0.186. The molecule has 1 rings (SSSR count). The summed E-state index contributed by atoms with van der Waals surface area (Å²) < 4.78 is 5.06. The quantitative estimate of drug-likeness (QED) is 0.382. The second-order valence-corrected chi connectivity index (χ2v) is 5.03. The van der Waals surface area contributed by atoms with E-state index in [1.165, 1.54) is 6.42 Å². The fourth-order valence-corrected chi connectivity index (χ4v) is 1.60. The third-order valence-electron chi connectivity index (χ3n) is 3.05. The van der Waals surface area contributed by atoms with E-state index in [9.17, 15) is 4.79 Å². The second-order valence-electron chi connectivity index (χ2n) is 5.03. The molecule has 1 unspecified atom stereocenters. The van der Waals surface area contributed by atoms with Gasteiger partial charge in [-0.2, -0.15) is 0 Å². The number of carbonyl (C=O) groups excluding carboxylic acids is 1. The molecular weight excluding hydrogens is 188 g/mol. The van der Waals surface area contributed by atoms with Gasteiger partial charge in [0.05, 0.1) is 6.61 Å². The molecule has 0 radical (unpaired) electrons. The van der Waals surface area contributed by atoms with E-state index in [1.54, 1.807) is 6.08 Å². The molecule has 0 spiro atoms. The van der Waals surface area contributed by atoms with Crippen molar-refractivity contribution in [2.75, 3.05) is 6.61 Å². The molecule has 1 atom stereocenters. The highest BCUT2D eigenvalue weighted by Crippen LogP contribution is 2.52. The van der Waals surface area contributed by atoms with Gasteiger partial charge in [-0.15, -0.1) is 0 Å². The van der Waals surface area contributed by atoms with Crippen molar-refractivity contribution in [3.8, 4) is 0 Å². The summed E-state index contributed by atoms with van der Waals surface area (Å²) in [5.41, 5.74) is 0.402. The molecule has 2 nitrogen and oxygen atoms in total. The highest BCUT2D eigenvalue weighted by Gasteiger charge is 2.43. The van der Waals surface area contributed by atoms with Crippen molar-refractivity contribution < 1.29 is 9.53 Å². The number of unbranched alkanes of at least 4 members (excludes halogenated alkanes) is 2. The Morgan fingerprint density at radius 3 is 2.67 bits per heavy atom. The van der Waals surface area contributed by atoms with Gasteiger partial charge in [0.15, 0.2) is 0 Å². The predicted molar refractivity (Wildman–Crippen MR) is 61.5 cm³/mol. The fourth-order valence-electron chi connectivity index (χ4n) is 1.60. The summed E-state index contributed by atoms with van der Waals surface area (Å²) >= 11 is 0. The molecule has 0 amide bonds. The third-order valence-corrected chi connectivity index (χ3v) is 3.05. The van der Waals surface area contributed by atoms with Gasteiger partial charge >= 0.3 is 5.97 Å². The molecule has 15 heavy (non-hydrogen) atoms. The van der Waals surface area contributed by atoms with E-state index >= 15 is 0 Å². The van der Waals surface area contributed by atoms with Crippen LogP contribution >= 0.6 is 0 Å². The van der Waals surface area contributed by atoms with Crippen molar-refractivity contribution in [3.05, 3.63) is 12.2 Å². The first-order chi connectivity index (χ1) is 7.06. The van der Waals surface area contributed by atoms with Crippen LogP contribution in [0.4, 0.5) is 0 Å². The normalized spacial score (nSPS) is 23.0. The van der Waals surface area contributed by atoms with Gasteiger partial charge in [-0.05, 0) is 24.2 Å². The van der Waals surface area contributed by atoms with Crippen LogP contribution in [0, 0.1) is 11.3 Å². The smallest absolute Gasteiger partial charge is 0.330 e. The van der Waals surface area contributed by atoms with Crippen LogP contribution in [0.2, 0.25) is 0 Å². The Morgan fingerprint density at radius 1 is 1.47 bits per heavy atom. The molecule has 2 heteroatoms. The van der Waals surface area contributed by atoms with E-state index in [0.717, 1.165) is 19.3 Å². The molecule has 0 saturated heterocycles. The highest BCUT2D eigenvalue weighted by atomic mass is 16.5. The molecule has 86 valence electrons. The van der Waals surface area contributed by atoms with E-state index < -0.39 is 0 Å². The zero-order chi connectivity index (χ0) is 11.3. The third kappa shape index (κ3) is 4.50. The molecule has 0 aromatic carbocycles. The van der Waals surface area contributed by atoms with Crippen LogP contribution in [-0.2, 0) is 9.53 Å². The molecule has 0 bridgehead atoms. The Morgan fingerprint density at radius 2 is 2.13 bits per heavy atom. The standard InChI is InChI=1S/C13H22O2/c1-4-5-6-9-15-12(14)8-7-11-10-13(11,2)3/h7-8,11H,4-6,9-10H2,1-3H3/b8-7-. The van der Waals surface area contributed by atoms with Crippen LogP contribution in [-0.4, -0.2) is 12.6 Å². The molecule has 0 N–H and O–H groups in total. The first-order valence-corrected chi connectivity index (χ1v) is 5.91. The Kier molecular flexibility index (Phi) is 4.37. The van der Waals surface area contributed by atoms with Gasteiger partial charge < -0.3 is 4.74 Å². The van der Waals surface area contributed by atoms with E-state index in [1.807, 2.05) is 6.08 Å². The number of hydrogen-bond acceptors (Lipinski definition) is 2. The molecule has 0 aromatic heterocycles. The summed E-state index contributed by atoms with van der Waals surface area (Å²) in [5.74, 6) is 0.384. The van der Waals surface area contributed by atoms with Gasteiger partial charge in [-0.1, -0.05) is 39.7 Å². The van der Waals surface area contributed by atoms with Crippen LogP contribution in [0.15, 0.2) is 12.2 Å². The van der Waals surface area contributed by atoms with Gasteiger partial charge in [0.2, 0.25) is 0 Å². The monoisotopic (exact) mass is 210 g/mol. The lowest BCUT2D eigenvalue weighted by molar-refractivity contribution is -0.137. The molecular formula is C13H22O2. The maximum atomic E-state index is 11.2. The van der Waals surface area contributed by atoms with Crippen LogP contribution in [0.1, 0.15) is 46.5 Å². The van der Waals surface area contributed by atoms with Gasteiger partial charge in [0.25, 0.3) is 0 Å². The average molecular weight is 210 g/mol. The Bertz CT molecular complexity index is 241. The summed E-state index contributed by atoms with van der Waals surface area (Å²) in [4.78, 5) is 11.2. The van der Waals surface area contributed by atoms with E-state index in [2.05, 4.69) is 20.8 Å². The summed E-state index contributed by atoms with van der Waals surface area (Å²) in [7, 11) is 0. The van der Waals surface area contributed by atoms with Crippen LogP contribution in [0.25, 0.3) is 0 Å². The number of carbonyl (C=O) groups is 1. The largest absolute Gasteiger partial charge is 0.463 e. The lowest BCUT2D eigenvalue weighted by Gasteiger charge is -2.00. The number of esters is 1. The number of ether oxygens (including phenoxy) is 1. The zero-order valence-electron chi connectivity index (χ0n) is 10.1. The fraction of sp³-hybridized carbons (Fsp3) is 0.769. The number of rotatable bonds is 6. The maximum absolute atomic E-state index is 11.2. The van der Waals surface area contributed by atoms with E-state index in [0.29, 0.717) is 17.9 Å². The van der Waals surface area contributed by atoms with Gasteiger partial charge in [-0.25, -0.2) is 4.79 Å². The molecule has 0 aliphatic heterocycles. The SMILES string of the molecule is CCCCCOC(=O)/C=C\C1CC1(C)C. The van der Waals surface area contributed by atoms with Crippen LogP contribution in [0.3, 0.4) is 0 Å². The van der Waals surface area contributed by atoms with Crippen molar-refractivity contribution in [3.63, 3.8) is 0 Å². The zero-order valence-corrected chi connectivity index (χ0v) is 10.1. The minimum atomic E-state index is -0.186. The van der Waals surface area contributed by atoms with Crippen molar-refractivity contribution >= 4 is 5.97 Å². The van der Waals surface area contributed by atoms with Crippen molar-refractivity contribution in [2.45, 2.75) is 46.5 Å². The maximum Gasteiger partial charge on any atom is 0.330 e. The first kappa shape index (κ1) is 12.3. The number of hydrogen-bond donors (Lipinski definition) is 0. The lowest BCUT2D eigenvalue weighted by Crippen LogP contribution is -2.02. The van der Waals surface area contributed by atoms with Crippen molar-refractivity contribution in [1.82, 2.24) is 0 Å². The first-order valence-electron chi connectivity index (χ1n) is 5.91. The molecule has 0 aromatic rings. The Balaban J connectivity index is 2.09. The summed E-state index contributed by atoms with van der Waals surface area (Å²) in [6.45, 7) is 7.13. The second kappa shape index (κ2) is 5.34. The summed E-state index contributed by atoms with van der Waals surface area (Å²) in [5, 5.41) is 0. The Labute approximate surface area is 92.7 Å².